The van der Waals surface area contributed by atoms with Crippen LogP contribution >= 0.6 is 27.3 Å². The van der Waals surface area contributed by atoms with Crippen molar-refractivity contribution in [3.05, 3.63) is 76.0 Å². The number of pyridine rings is 1. The van der Waals surface area contributed by atoms with Crippen molar-refractivity contribution >= 4 is 43.3 Å². The second kappa shape index (κ2) is 6.78. The van der Waals surface area contributed by atoms with Crippen LogP contribution in [-0.2, 0) is 6.54 Å². The molecule has 4 aromatic rings. The molecule has 0 spiro atoms. The van der Waals surface area contributed by atoms with E-state index in [1.807, 2.05) is 48.7 Å². The average molecular weight is 413 g/mol. The maximum absolute atomic E-state index is 12.4. The van der Waals surface area contributed by atoms with E-state index in [9.17, 15) is 4.79 Å². The third kappa shape index (κ3) is 3.47. The van der Waals surface area contributed by atoms with E-state index in [0.717, 1.165) is 25.9 Å². The van der Waals surface area contributed by atoms with Crippen molar-refractivity contribution in [2.24, 2.45) is 0 Å². The Morgan fingerprint density at radius 1 is 1.20 bits per heavy atom. The zero-order valence-electron chi connectivity index (χ0n) is 13.0. The molecule has 0 saturated heterocycles. The molecule has 7 heteroatoms. The van der Waals surface area contributed by atoms with Crippen LogP contribution in [0.2, 0.25) is 0 Å². The van der Waals surface area contributed by atoms with Gasteiger partial charge in [0.15, 0.2) is 5.82 Å². The number of aromatic nitrogens is 3. The van der Waals surface area contributed by atoms with Gasteiger partial charge in [-0.1, -0.05) is 22.0 Å². The molecule has 124 valence electrons. The number of nitrogens with zero attached hydrogens (tertiary/aromatic N) is 3. The number of benzene rings is 1. The first-order valence-corrected chi connectivity index (χ1v) is 9.22. The SMILES string of the molecule is O=C(NCc1ccnc(-n2cccn2)c1)c1cc2ccc(Br)cc2s1. The summed E-state index contributed by atoms with van der Waals surface area (Å²) in [6.07, 6.45) is 5.26. The summed E-state index contributed by atoms with van der Waals surface area (Å²) >= 11 is 4.94. The minimum atomic E-state index is -0.0743. The lowest BCUT2D eigenvalue weighted by molar-refractivity contribution is 0.0955. The Morgan fingerprint density at radius 3 is 2.96 bits per heavy atom. The van der Waals surface area contributed by atoms with Gasteiger partial charge < -0.3 is 5.32 Å². The molecule has 1 amide bonds. The maximum atomic E-state index is 12.4. The number of hydrogen-bond acceptors (Lipinski definition) is 4. The van der Waals surface area contributed by atoms with Gasteiger partial charge in [0.05, 0.1) is 4.88 Å². The summed E-state index contributed by atoms with van der Waals surface area (Å²) in [6, 6.07) is 13.6. The molecule has 4 rings (SSSR count). The second-order valence-corrected chi connectivity index (χ2v) is 7.45. The van der Waals surface area contributed by atoms with Crippen molar-refractivity contribution < 1.29 is 4.79 Å². The summed E-state index contributed by atoms with van der Waals surface area (Å²) in [5.41, 5.74) is 0.970. The van der Waals surface area contributed by atoms with Gasteiger partial charge >= 0.3 is 0 Å². The lowest BCUT2D eigenvalue weighted by Gasteiger charge is -2.06. The van der Waals surface area contributed by atoms with E-state index in [4.69, 9.17) is 0 Å². The van der Waals surface area contributed by atoms with E-state index in [-0.39, 0.29) is 5.91 Å². The molecule has 0 fully saturated rings. The quantitative estimate of drug-likeness (QED) is 0.546. The number of fused-ring (bicyclic) bond motifs is 1. The highest BCUT2D eigenvalue weighted by Crippen LogP contribution is 2.28. The largest absolute Gasteiger partial charge is 0.347 e. The molecule has 0 unspecified atom stereocenters. The first-order chi connectivity index (χ1) is 12.2. The fourth-order valence-corrected chi connectivity index (χ4v) is 4.02. The third-order valence-electron chi connectivity index (χ3n) is 3.71. The van der Waals surface area contributed by atoms with E-state index < -0.39 is 0 Å². The lowest BCUT2D eigenvalue weighted by atomic mass is 10.2. The Hall–Kier alpha value is -2.51. The fourth-order valence-electron chi connectivity index (χ4n) is 2.49. The summed E-state index contributed by atoms with van der Waals surface area (Å²) in [6.45, 7) is 0.438. The first kappa shape index (κ1) is 16.0. The Balaban J connectivity index is 1.48. The van der Waals surface area contributed by atoms with E-state index in [0.29, 0.717) is 11.4 Å². The van der Waals surface area contributed by atoms with Crippen molar-refractivity contribution in [1.29, 1.82) is 0 Å². The minimum absolute atomic E-state index is 0.0743. The van der Waals surface area contributed by atoms with Crippen LogP contribution in [0.25, 0.3) is 15.9 Å². The van der Waals surface area contributed by atoms with Crippen LogP contribution in [0.4, 0.5) is 0 Å². The number of nitrogens with one attached hydrogen (secondary N) is 1. The fraction of sp³-hybridized carbons (Fsp3) is 0.0556. The molecule has 5 nitrogen and oxygen atoms in total. The molecule has 1 aromatic carbocycles. The van der Waals surface area contributed by atoms with Gasteiger partial charge in [-0.25, -0.2) is 9.67 Å². The molecule has 0 aliphatic heterocycles. The normalized spacial score (nSPS) is 10.9. The minimum Gasteiger partial charge on any atom is -0.347 e. The van der Waals surface area contributed by atoms with Gasteiger partial charge in [0.1, 0.15) is 0 Å². The summed E-state index contributed by atoms with van der Waals surface area (Å²) < 4.78 is 3.79. The van der Waals surface area contributed by atoms with E-state index in [2.05, 4.69) is 31.3 Å². The van der Waals surface area contributed by atoms with Crippen molar-refractivity contribution in [3.8, 4) is 5.82 Å². The smallest absolute Gasteiger partial charge is 0.261 e. The highest BCUT2D eigenvalue weighted by molar-refractivity contribution is 9.10. The van der Waals surface area contributed by atoms with Gasteiger partial charge in [-0.05, 0) is 47.3 Å². The van der Waals surface area contributed by atoms with Crippen LogP contribution in [0.1, 0.15) is 15.2 Å². The maximum Gasteiger partial charge on any atom is 0.261 e. The number of hydrogen-bond donors (Lipinski definition) is 1. The van der Waals surface area contributed by atoms with Crippen molar-refractivity contribution in [2.45, 2.75) is 6.54 Å². The molecule has 0 aliphatic rings. The third-order valence-corrected chi connectivity index (χ3v) is 5.30. The first-order valence-electron chi connectivity index (χ1n) is 7.61. The van der Waals surface area contributed by atoms with Crippen LogP contribution in [0.3, 0.4) is 0 Å². The molecule has 0 atom stereocenters. The summed E-state index contributed by atoms with van der Waals surface area (Å²) in [5, 5.41) is 8.20. The predicted octanol–water partition coefficient (Wildman–Crippen LogP) is 4.17. The summed E-state index contributed by atoms with van der Waals surface area (Å²) in [5.74, 6) is 0.651. The Kier molecular flexibility index (Phi) is 4.33. The number of carbonyl (C=O) groups excluding carboxylic acids is 1. The van der Waals surface area contributed by atoms with Gasteiger partial charge in [-0.2, -0.15) is 5.10 Å². The zero-order chi connectivity index (χ0) is 17.2. The van der Waals surface area contributed by atoms with Gasteiger partial charge in [0, 0.05) is 34.3 Å². The highest BCUT2D eigenvalue weighted by atomic mass is 79.9. The van der Waals surface area contributed by atoms with E-state index in [1.165, 1.54) is 11.3 Å². The summed E-state index contributed by atoms with van der Waals surface area (Å²) in [7, 11) is 0. The van der Waals surface area contributed by atoms with Gasteiger partial charge in [0.2, 0.25) is 0 Å². The molecular formula is C18H13BrN4OS. The molecule has 0 radical (unpaired) electrons. The molecular weight excluding hydrogens is 400 g/mol. The monoisotopic (exact) mass is 412 g/mol. The number of thiophene rings is 1. The number of halogens is 1. The Bertz CT molecular complexity index is 1040. The Morgan fingerprint density at radius 2 is 2.12 bits per heavy atom. The average Bonchev–Trinajstić information content (AvgIpc) is 3.29. The van der Waals surface area contributed by atoms with Crippen molar-refractivity contribution in [3.63, 3.8) is 0 Å². The van der Waals surface area contributed by atoms with Crippen LogP contribution in [-0.4, -0.2) is 20.7 Å². The second-order valence-electron chi connectivity index (χ2n) is 5.45. The molecule has 3 heterocycles. The predicted molar refractivity (Wildman–Crippen MR) is 102 cm³/mol. The van der Waals surface area contributed by atoms with Crippen molar-refractivity contribution in [2.75, 3.05) is 0 Å². The zero-order valence-corrected chi connectivity index (χ0v) is 15.4. The van der Waals surface area contributed by atoms with Crippen LogP contribution < -0.4 is 5.32 Å². The molecule has 0 bridgehead atoms. The molecule has 25 heavy (non-hydrogen) atoms. The molecule has 0 aliphatic carbocycles. The van der Waals surface area contributed by atoms with Crippen LogP contribution in [0.5, 0.6) is 0 Å². The molecule has 3 aromatic heterocycles. The van der Waals surface area contributed by atoms with Crippen LogP contribution in [0.15, 0.2) is 65.5 Å². The number of rotatable bonds is 4. The molecule has 1 N–H and O–H groups in total. The van der Waals surface area contributed by atoms with Crippen molar-refractivity contribution in [1.82, 2.24) is 20.1 Å². The van der Waals surface area contributed by atoms with Crippen LogP contribution in [0, 0.1) is 0 Å². The van der Waals surface area contributed by atoms with Gasteiger partial charge in [-0.3, -0.25) is 4.79 Å². The topological polar surface area (TPSA) is 59.8 Å². The van der Waals surface area contributed by atoms with Gasteiger partial charge in [-0.15, -0.1) is 11.3 Å². The number of carbonyl (C=O) groups is 1. The standard InChI is InChI=1S/C18H13BrN4OS/c19-14-3-2-13-9-16(25-15(13)10-14)18(24)21-11-12-4-6-20-17(8-12)23-7-1-5-22-23/h1-10H,11H2,(H,21,24). The number of amides is 1. The lowest BCUT2D eigenvalue weighted by Crippen LogP contribution is -2.21. The van der Waals surface area contributed by atoms with E-state index in [1.54, 1.807) is 17.1 Å². The van der Waals surface area contributed by atoms with Gasteiger partial charge in [0.25, 0.3) is 5.91 Å². The summed E-state index contributed by atoms with van der Waals surface area (Å²) in [4.78, 5) is 17.4. The molecule has 0 saturated carbocycles. The van der Waals surface area contributed by atoms with E-state index >= 15 is 0 Å². The Labute approximate surface area is 156 Å². The highest BCUT2D eigenvalue weighted by Gasteiger charge is 2.10.